The van der Waals surface area contributed by atoms with Crippen LogP contribution < -0.4 is 5.56 Å². The molecule has 0 radical (unpaired) electrons. The third-order valence-corrected chi connectivity index (χ3v) is 4.18. The van der Waals surface area contributed by atoms with Gasteiger partial charge in [0.15, 0.2) is 0 Å². The number of benzene rings is 1. The number of aryl methyl sites for hydroxylation is 1. The van der Waals surface area contributed by atoms with Gasteiger partial charge >= 0.3 is 12.1 Å². The molecule has 0 unspecified atom stereocenters. The van der Waals surface area contributed by atoms with E-state index in [4.69, 9.17) is 0 Å². The molecule has 0 aliphatic rings. The summed E-state index contributed by atoms with van der Waals surface area (Å²) in [6, 6.07) is 5.87. The fourth-order valence-corrected chi connectivity index (χ4v) is 2.82. The third kappa shape index (κ3) is 3.28. The summed E-state index contributed by atoms with van der Waals surface area (Å²) in [6.45, 7) is 1.53. The molecular formula is C18H15F3N4O3. The summed E-state index contributed by atoms with van der Waals surface area (Å²) in [4.78, 5) is 29.0. The van der Waals surface area contributed by atoms with Gasteiger partial charge in [-0.05, 0) is 31.2 Å². The Morgan fingerprint density at radius 2 is 1.93 bits per heavy atom. The van der Waals surface area contributed by atoms with Crippen LogP contribution in [-0.4, -0.2) is 32.4 Å². The van der Waals surface area contributed by atoms with Crippen LogP contribution in [0.5, 0.6) is 0 Å². The Morgan fingerprint density at radius 1 is 1.21 bits per heavy atom. The lowest BCUT2D eigenvalue weighted by molar-refractivity contribution is -0.137. The summed E-state index contributed by atoms with van der Waals surface area (Å²) >= 11 is 0. The molecule has 10 heteroatoms. The maximum atomic E-state index is 13.1. The lowest BCUT2D eigenvalue weighted by Gasteiger charge is -2.16. The quantitative estimate of drug-likeness (QED) is 0.641. The number of rotatable bonds is 3. The van der Waals surface area contributed by atoms with E-state index in [9.17, 15) is 22.8 Å². The van der Waals surface area contributed by atoms with Gasteiger partial charge in [-0.2, -0.15) is 18.3 Å². The molecule has 7 nitrogen and oxygen atoms in total. The molecule has 2 aromatic heterocycles. The first-order valence-corrected chi connectivity index (χ1v) is 8.03. The first-order chi connectivity index (χ1) is 13.1. The molecule has 1 aromatic carbocycles. The van der Waals surface area contributed by atoms with E-state index in [0.717, 1.165) is 23.8 Å². The average molecular weight is 392 g/mol. The van der Waals surface area contributed by atoms with E-state index < -0.39 is 29.0 Å². The molecule has 0 aliphatic heterocycles. The second-order valence-electron chi connectivity index (χ2n) is 5.91. The van der Waals surface area contributed by atoms with Crippen LogP contribution in [0.15, 0.2) is 41.3 Å². The Balaban J connectivity index is 2.37. The highest BCUT2D eigenvalue weighted by molar-refractivity contribution is 5.87. The van der Waals surface area contributed by atoms with E-state index >= 15 is 0 Å². The van der Waals surface area contributed by atoms with Gasteiger partial charge in [0.1, 0.15) is 5.69 Å². The average Bonchev–Trinajstić information content (AvgIpc) is 3.07. The van der Waals surface area contributed by atoms with Gasteiger partial charge in [-0.1, -0.05) is 6.07 Å². The van der Waals surface area contributed by atoms with Crippen molar-refractivity contribution in [2.24, 2.45) is 7.05 Å². The first-order valence-electron chi connectivity index (χ1n) is 8.03. The third-order valence-electron chi connectivity index (χ3n) is 4.18. The van der Waals surface area contributed by atoms with Crippen molar-refractivity contribution in [2.45, 2.75) is 13.1 Å². The lowest BCUT2D eigenvalue weighted by atomic mass is 10.1. The summed E-state index contributed by atoms with van der Waals surface area (Å²) in [5.74, 6) is -0.992. The van der Waals surface area contributed by atoms with E-state index in [-0.39, 0.29) is 17.1 Å². The van der Waals surface area contributed by atoms with Gasteiger partial charge in [0.25, 0.3) is 5.56 Å². The van der Waals surface area contributed by atoms with Gasteiger partial charge < -0.3 is 4.74 Å². The first kappa shape index (κ1) is 19.3. The van der Waals surface area contributed by atoms with Crippen LogP contribution in [0, 0.1) is 6.92 Å². The zero-order chi connectivity index (χ0) is 20.6. The van der Waals surface area contributed by atoms with Gasteiger partial charge in [0.05, 0.1) is 24.1 Å². The maximum absolute atomic E-state index is 13.1. The monoisotopic (exact) mass is 392 g/mol. The van der Waals surface area contributed by atoms with Crippen molar-refractivity contribution in [1.82, 2.24) is 19.3 Å². The number of methoxy groups -OCH3 is 1. The van der Waals surface area contributed by atoms with Crippen LogP contribution in [-0.2, 0) is 18.0 Å². The zero-order valence-electron chi connectivity index (χ0n) is 15.1. The Bertz CT molecular complexity index is 1120. The molecule has 0 fully saturated rings. The molecule has 0 saturated heterocycles. The molecule has 0 spiro atoms. The number of aromatic nitrogens is 4. The van der Waals surface area contributed by atoms with Crippen molar-refractivity contribution in [2.75, 3.05) is 7.11 Å². The highest BCUT2D eigenvalue weighted by atomic mass is 19.4. The Morgan fingerprint density at radius 3 is 2.50 bits per heavy atom. The molecule has 0 N–H and O–H groups in total. The number of hydrogen-bond donors (Lipinski definition) is 0. The smallest absolute Gasteiger partial charge is 0.416 e. The number of halogens is 3. The number of hydrogen-bond acceptors (Lipinski definition) is 5. The molecule has 0 amide bonds. The summed E-state index contributed by atoms with van der Waals surface area (Å²) in [5, 5.41) is 4.02. The predicted octanol–water partition coefficient (Wildman–Crippen LogP) is 2.75. The molecule has 0 atom stereocenters. The number of carbonyl (C=O) groups is 1. The van der Waals surface area contributed by atoms with Crippen molar-refractivity contribution in [3.63, 3.8) is 0 Å². The second kappa shape index (κ2) is 6.95. The van der Waals surface area contributed by atoms with Crippen LogP contribution >= 0.6 is 0 Å². The molecule has 3 rings (SSSR count). The second-order valence-corrected chi connectivity index (χ2v) is 5.91. The van der Waals surface area contributed by atoms with Crippen LogP contribution in [0.4, 0.5) is 13.2 Å². The van der Waals surface area contributed by atoms with Crippen molar-refractivity contribution in [3.05, 3.63) is 63.8 Å². The van der Waals surface area contributed by atoms with Crippen LogP contribution in [0.3, 0.4) is 0 Å². The van der Waals surface area contributed by atoms with Crippen molar-refractivity contribution >= 4 is 5.97 Å². The highest BCUT2D eigenvalue weighted by Gasteiger charge is 2.31. The molecule has 0 aliphatic carbocycles. The molecule has 2 heterocycles. The van der Waals surface area contributed by atoms with Crippen LogP contribution in [0.25, 0.3) is 17.1 Å². The van der Waals surface area contributed by atoms with Crippen molar-refractivity contribution in [1.29, 1.82) is 0 Å². The lowest BCUT2D eigenvalue weighted by Crippen LogP contribution is -2.30. The molecule has 146 valence electrons. The number of carbonyl (C=O) groups excluding carboxylic acids is 1. The predicted molar refractivity (Wildman–Crippen MR) is 93.1 cm³/mol. The molecule has 0 bridgehead atoms. The topological polar surface area (TPSA) is 79.0 Å². The summed E-state index contributed by atoms with van der Waals surface area (Å²) in [6.07, 6.45) is -3.09. The Kier molecular flexibility index (Phi) is 4.80. The number of alkyl halides is 3. The summed E-state index contributed by atoms with van der Waals surface area (Å²) < 4.78 is 46.4. The largest absolute Gasteiger partial charge is 0.464 e. The fraction of sp³-hybridized carbons (Fsp3) is 0.222. The number of nitrogens with zero attached hydrogens (tertiary/aromatic N) is 4. The van der Waals surface area contributed by atoms with Gasteiger partial charge in [0, 0.05) is 18.9 Å². The van der Waals surface area contributed by atoms with Gasteiger partial charge in [-0.3, -0.25) is 14.0 Å². The molecule has 28 heavy (non-hydrogen) atoms. The van der Waals surface area contributed by atoms with E-state index in [1.165, 1.54) is 29.9 Å². The van der Waals surface area contributed by atoms with Gasteiger partial charge in [-0.15, -0.1) is 0 Å². The van der Waals surface area contributed by atoms with E-state index in [1.807, 2.05) is 0 Å². The van der Waals surface area contributed by atoms with Crippen molar-refractivity contribution in [3.8, 4) is 17.1 Å². The fourth-order valence-electron chi connectivity index (χ4n) is 2.82. The van der Waals surface area contributed by atoms with Gasteiger partial charge in [0.2, 0.25) is 5.69 Å². The minimum Gasteiger partial charge on any atom is -0.464 e. The zero-order valence-corrected chi connectivity index (χ0v) is 15.1. The maximum Gasteiger partial charge on any atom is 0.416 e. The molecule has 3 aromatic rings. The summed E-state index contributed by atoms with van der Waals surface area (Å²) in [5.41, 5.74) is -1.44. The Hall–Kier alpha value is -3.43. The number of esters is 1. The minimum atomic E-state index is -4.59. The van der Waals surface area contributed by atoms with E-state index in [2.05, 4.69) is 14.8 Å². The highest BCUT2D eigenvalue weighted by Crippen LogP contribution is 2.31. The Labute approximate surface area is 157 Å². The number of ether oxygens (including phenoxy) is 1. The van der Waals surface area contributed by atoms with Gasteiger partial charge in [-0.25, -0.2) is 9.78 Å². The minimum absolute atomic E-state index is 0.0479. The van der Waals surface area contributed by atoms with Crippen LogP contribution in [0.2, 0.25) is 0 Å². The van der Waals surface area contributed by atoms with Crippen molar-refractivity contribution < 1.29 is 22.7 Å². The normalized spacial score (nSPS) is 11.5. The SMILES string of the molecule is COC(=O)c1nc(-c2ccnn2C)c(C)n(-c2cccc(C(F)(F)F)c2)c1=O. The standard InChI is InChI=1S/C18H15F3N4O3/c1-10-14(13-7-8-22-24(13)2)23-15(17(27)28-3)16(26)25(10)12-6-4-5-11(9-12)18(19,20)21/h4-9H,1-3H3. The summed E-state index contributed by atoms with van der Waals surface area (Å²) in [7, 11) is 2.72. The van der Waals surface area contributed by atoms with Crippen LogP contribution in [0.1, 0.15) is 21.7 Å². The van der Waals surface area contributed by atoms with E-state index in [0.29, 0.717) is 5.69 Å². The molecular weight excluding hydrogens is 377 g/mol. The van der Waals surface area contributed by atoms with E-state index in [1.54, 1.807) is 13.1 Å². The molecule has 0 saturated carbocycles.